The van der Waals surface area contributed by atoms with Gasteiger partial charge in [0.05, 0.1) is 5.88 Å². The van der Waals surface area contributed by atoms with E-state index in [1.54, 1.807) is 18.3 Å². The van der Waals surface area contributed by atoms with Crippen molar-refractivity contribution in [1.29, 1.82) is 0 Å². The minimum absolute atomic E-state index is 0.242. The molecule has 0 unspecified atom stereocenters. The van der Waals surface area contributed by atoms with Crippen molar-refractivity contribution in [3.63, 3.8) is 0 Å². The molecule has 0 amide bonds. The standard InChI is InChI=1S/C14H14ClFN2/c1-2-18(13-7-5-12(16)6-8-13)14-11(10-15)4-3-9-17-14/h3-9H,2,10H2,1H3. The number of pyridine rings is 1. The molecule has 1 aromatic carbocycles. The minimum Gasteiger partial charge on any atom is -0.326 e. The molecule has 2 aromatic rings. The molecule has 94 valence electrons. The summed E-state index contributed by atoms with van der Waals surface area (Å²) in [4.78, 5) is 6.38. The van der Waals surface area contributed by atoms with Gasteiger partial charge < -0.3 is 4.90 Å². The Morgan fingerprint density at radius 2 is 1.94 bits per heavy atom. The molecule has 0 aliphatic heterocycles. The lowest BCUT2D eigenvalue weighted by molar-refractivity contribution is 0.628. The van der Waals surface area contributed by atoms with Gasteiger partial charge in [-0.2, -0.15) is 0 Å². The van der Waals surface area contributed by atoms with Gasteiger partial charge in [-0.1, -0.05) is 6.07 Å². The maximum absolute atomic E-state index is 12.9. The number of nitrogens with zero attached hydrogens (tertiary/aromatic N) is 2. The molecule has 4 heteroatoms. The Hall–Kier alpha value is -1.61. The Balaban J connectivity index is 2.41. The summed E-state index contributed by atoms with van der Waals surface area (Å²) >= 11 is 5.92. The zero-order valence-corrected chi connectivity index (χ0v) is 10.9. The largest absolute Gasteiger partial charge is 0.326 e. The van der Waals surface area contributed by atoms with Gasteiger partial charge in [-0.05, 0) is 37.3 Å². The second kappa shape index (κ2) is 5.83. The first-order chi connectivity index (χ1) is 8.76. The summed E-state index contributed by atoms with van der Waals surface area (Å²) in [7, 11) is 0. The minimum atomic E-state index is -0.242. The summed E-state index contributed by atoms with van der Waals surface area (Å²) in [5.74, 6) is 0.982. The van der Waals surface area contributed by atoms with E-state index in [4.69, 9.17) is 11.6 Å². The summed E-state index contributed by atoms with van der Waals surface area (Å²) in [6, 6.07) is 10.2. The van der Waals surface area contributed by atoms with E-state index in [9.17, 15) is 4.39 Å². The number of alkyl halides is 1. The molecular formula is C14H14ClFN2. The number of hydrogen-bond donors (Lipinski definition) is 0. The van der Waals surface area contributed by atoms with Crippen molar-refractivity contribution in [2.24, 2.45) is 0 Å². The third-order valence-electron chi connectivity index (χ3n) is 2.72. The highest BCUT2D eigenvalue weighted by molar-refractivity contribution is 6.17. The zero-order valence-electron chi connectivity index (χ0n) is 10.1. The van der Waals surface area contributed by atoms with Crippen LogP contribution in [0, 0.1) is 5.82 Å². The van der Waals surface area contributed by atoms with E-state index in [1.807, 2.05) is 24.0 Å². The smallest absolute Gasteiger partial charge is 0.137 e. The molecule has 0 aliphatic rings. The Bertz CT molecular complexity index is 513. The third kappa shape index (κ3) is 2.62. The van der Waals surface area contributed by atoms with Crippen molar-refractivity contribution in [2.45, 2.75) is 12.8 Å². The molecule has 0 radical (unpaired) electrons. The first kappa shape index (κ1) is 12.8. The molecule has 0 N–H and O–H groups in total. The number of benzene rings is 1. The second-order valence-electron chi connectivity index (χ2n) is 3.84. The van der Waals surface area contributed by atoms with E-state index in [2.05, 4.69) is 4.98 Å². The molecule has 0 atom stereocenters. The molecule has 0 saturated heterocycles. The molecule has 0 saturated carbocycles. The first-order valence-corrected chi connectivity index (χ1v) is 6.32. The molecule has 1 heterocycles. The van der Waals surface area contributed by atoms with E-state index >= 15 is 0 Å². The van der Waals surface area contributed by atoms with Crippen molar-refractivity contribution in [2.75, 3.05) is 11.4 Å². The predicted molar refractivity (Wildman–Crippen MR) is 72.9 cm³/mol. The van der Waals surface area contributed by atoms with Crippen LogP contribution >= 0.6 is 11.6 Å². The fourth-order valence-corrected chi connectivity index (χ4v) is 2.06. The molecule has 1 aromatic heterocycles. The van der Waals surface area contributed by atoms with Gasteiger partial charge in [-0.3, -0.25) is 0 Å². The SMILES string of the molecule is CCN(c1ccc(F)cc1)c1ncccc1CCl. The molecule has 18 heavy (non-hydrogen) atoms. The van der Waals surface area contributed by atoms with Crippen LogP contribution in [0.25, 0.3) is 0 Å². The molecular weight excluding hydrogens is 251 g/mol. The van der Waals surface area contributed by atoms with E-state index < -0.39 is 0 Å². The van der Waals surface area contributed by atoms with E-state index in [1.165, 1.54) is 12.1 Å². The predicted octanol–water partition coefficient (Wildman–Crippen LogP) is 4.12. The average molecular weight is 265 g/mol. The van der Waals surface area contributed by atoms with E-state index in [0.717, 1.165) is 23.6 Å². The first-order valence-electron chi connectivity index (χ1n) is 5.79. The number of aromatic nitrogens is 1. The summed E-state index contributed by atoms with van der Waals surface area (Å²) < 4.78 is 12.9. The summed E-state index contributed by atoms with van der Waals surface area (Å²) in [6.07, 6.45) is 1.73. The lowest BCUT2D eigenvalue weighted by atomic mass is 10.2. The van der Waals surface area contributed by atoms with Gasteiger partial charge in [0, 0.05) is 24.0 Å². The topological polar surface area (TPSA) is 16.1 Å². The summed E-state index contributed by atoms with van der Waals surface area (Å²) in [5.41, 5.74) is 1.87. The summed E-state index contributed by atoms with van der Waals surface area (Å²) in [5, 5.41) is 0. The Labute approximate surface area is 111 Å². The molecule has 0 aliphatic carbocycles. The van der Waals surface area contributed by atoms with Gasteiger partial charge in [0.25, 0.3) is 0 Å². The third-order valence-corrected chi connectivity index (χ3v) is 3.01. The maximum Gasteiger partial charge on any atom is 0.137 e. The van der Waals surface area contributed by atoms with Crippen LogP contribution in [0.5, 0.6) is 0 Å². The highest BCUT2D eigenvalue weighted by Gasteiger charge is 2.12. The molecule has 0 bridgehead atoms. The van der Waals surface area contributed by atoms with Crippen LogP contribution in [0.15, 0.2) is 42.6 Å². The number of hydrogen-bond acceptors (Lipinski definition) is 2. The van der Waals surface area contributed by atoms with Gasteiger partial charge in [0.2, 0.25) is 0 Å². The molecule has 2 rings (SSSR count). The monoisotopic (exact) mass is 264 g/mol. The van der Waals surface area contributed by atoms with Crippen LogP contribution in [0.4, 0.5) is 15.9 Å². The fourth-order valence-electron chi connectivity index (χ4n) is 1.85. The quantitative estimate of drug-likeness (QED) is 0.773. The van der Waals surface area contributed by atoms with Crippen LogP contribution in [-0.2, 0) is 5.88 Å². The molecule has 0 fully saturated rings. The Morgan fingerprint density at radius 1 is 1.22 bits per heavy atom. The van der Waals surface area contributed by atoms with Gasteiger partial charge in [-0.15, -0.1) is 11.6 Å². The van der Waals surface area contributed by atoms with Gasteiger partial charge in [-0.25, -0.2) is 9.37 Å². The highest BCUT2D eigenvalue weighted by Crippen LogP contribution is 2.27. The van der Waals surface area contributed by atoms with Crippen LogP contribution < -0.4 is 4.90 Å². The number of anilines is 2. The van der Waals surface area contributed by atoms with Crippen LogP contribution in [0.1, 0.15) is 12.5 Å². The summed E-state index contributed by atoms with van der Waals surface area (Å²) in [6.45, 7) is 2.77. The zero-order chi connectivity index (χ0) is 13.0. The molecule has 2 nitrogen and oxygen atoms in total. The van der Waals surface area contributed by atoms with Crippen molar-refractivity contribution in [3.8, 4) is 0 Å². The van der Waals surface area contributed by atoms with Crippen molar-refractivity contribution in [3.05, 3.63) is 54.0 Å². The number of halogens is 2. The van der Waals surface area contributed by atoms with Crippen LogP contribution in [-0.4, -0.2) is 11.5 Å². The van der Waals surface area contributed by atoms with Crippen molar-refractivity contribution in [1.82, 2.24) is 4.98 Å². The normalized spacial score (nSPS) is 10.4. The van der Waals surface area contributed by atoms with Crippen molar-refractivity contribution < 1.29 is 4.39 Å². The van der Waals surface area contributed by atoms with E-state index in [0.29, 0.717) is 5.88 Å². The number of rotatable bonds is 4. The molecule has 0 spiro atoms. The van der Waals surface area contributed by atoms with Crippen LogP contribution in [0.3, 0.4) is 0 Å². The fraction of sp³-hybridized carbons (Fsp3) is 0.214. The van der Waals surface area contributed by atoms with Gasteiger partial charge >= 0.3 is 0 Å². The lowest BCUT2D eigenvalue weighted by Crippen LogP contribution is -2.18. The Morgan fingerprint density at radius 3 is 2.56 bits per heavy atom. The maximum atomic E-state index is 12.9. The highest BCUT2D eigenvalue weighted by atomic mass is 35.5. The average Bonchev–Trinajstić information content (AvgIpc) is 2.42. The van der Waals surface area contributed by atoms with Gasteiger partial charge in [0.15, 0.2) is 0 Å². The lowest BCUT2D eigenvalue weighted by Gasteiger charge is -2.24. The van der Waals surface area contributed by atoms with Crippen molar-refractivity contribution >= 4 is 23.1 Å². The van der Waals surface area contributed by atoms with Crippen LogP contribution in [0.2, 0.25) is 0 Å². The Kier molecular flexibility index (Phi) is 4.15. The second-order valence-corrected chi connectivity index (χ2v) is 4.11. The van der Waals surface area contributed by atoms with Gasteiger partial charge in [0.1, 0.15) is 11.6 Å². The van der Waals surface area contributed by atoms with E-state index in [-0.39, 0.29) is 5.82 Å².